The van der Waals surface area contributed by atoms with Gasteiger partial charge in [0.05, 0.1) is 6.10 Å². The van der Waals surface area contributed by atoms with Gasteiger partial charge < -0.3 is 14.8 Å². The fraction of sp³-hybridized carbons (Fsp3) is 0.500. The maximum Gasteiger partial charge on any atom is 0.488 e. The lowest BCUT2D eigenvalue weighted by Gasteiger charge is -2.11. The van der Waals surface area contributed by atoms with Gasteiger partial charge in [-0.3, -0.25) is 0 Å². The predicted octanol–water partition coefficient (Wildman–Crippen LogP) is 0.918. The molecule has 0 radical (unpaired) electrons. The summed E-state index contributed by atoms with van der Waals surface area (Å²) in [5.41, 5.74) is 1.00. The molecule has 98 valence electrons. The minimum Gasteiger partial charge on any atom is -0.423 e. The van der Waals surface area contributed by atoms with E-state index in [4.69, 9.17) is 4.74 Å². The lowest BCUT2D eigenvalue weighted by Crippen LogP contribution is -2.33. The van der Waals surface area contributed by atoms with E-state index in [2.05, 4.69) is 0 Å². The molecule has 0 bridgehead atoms. The normalized spacial score (nSPS) is 19.2. The summed E-state index contributed by atoms with van der Waals surface area (Å²) in [4.78, 5) is 0. The molecular formula is C12H16BFO3S. The van der Waals surface area contributed by atoms with Gasteiger partial charge in [-0.15, -0.1) is 0 Å². The Morgan fingerprint density at radius 3 is 2.94 bits per heavy atom. The van der Waals surface area contributed by atoms with E-state index >= 15 is 0 Å². The molecule has 1 unspecified atom stereocenters. The number of halogens is 1. The number of ether oxygens (including phenoxy) is 1. The molecule has 0 spiro atoms. The predicted molar refractivity (Wildman–Crippen MR) is 71.4 cm³/mol. The van der Waals surface area contributed by atoms with Crippen molar-refractivity contribution >= 4 is 24.3 Å². The highest BCUT2D eigenvalue weighted by atomic mass is 32.2. The monoisotopic (exact) mass is 270 g/mol. The number of hydrogen-bond donors (Lipinski definition) is 2. The molecular weight excluding hydrogens is 254 g/mol. The van der Waals surface area contributed by atoms with Crippen LogP contribution in [-0.4, -0.2) is 35.6 Å². The average Bonchev–Trinajstić information content (AvgIpc) is 2.84. The first-order chi connectivity index (χ1) is 8.66. The molecule has 1 fully saturated rings. The molecule has 2 rings (SSSR count). The highest BCUT2D eigenvalue weighted by Gasteiger charge is 2.18. The molecule has 0 amide bonds. The second kappa shape index (κ2) is 6.56. The SMILES string of the molecule is OB(O)c1cc(F)ccc1CSCC1CCCO1. The summed E-state index contributed by atoms with van der Waals surface area (Å²) in [6, 6.07) is 4.12. The summed E-state index contributed by atoms with van der Waals surface area (Å²) in [5, 5.41) is 18.4. The summed E-state index contributed by atoms with van der Waals surface area (Å²) >= 11 is 1.67. The van der Waals surface area contributed by atoms with Crippen LogP contribution in [0.3, 0.4) is 0 Å². The fourth-order valence-electron chi connectivity index (χ4n) is 2.01. The van der Waals surface area contributed by atoms with E-state index in [1.165, 1.54) is 12.1 Å². The quantitative estimate of drug-likeness (QED) is 0.781. The third kappa shape index (κ3) is 3.72. The van der Waals surface area contributed by atoms with Crippen molar-refractivity contribution in [1.82, 2.24) is 0 Å². The fourth-order valence-corrected chi connectivity index (χ4v) is 3.14. The minimum absolute atomic E-state index is 0.245. The molecule has 1 atom stereocenters. The summed E-state index contributed by atoms with van der Waals surface area (Å²) < 4.78 is 18.5. The molecule has 0 aliphatic carbocycles. The van der Waals surface area contributed by atoms with Crippen LogP contribution in [-0.2, 0) is 10.5 Å². The van der Waals surface area contributed by atoms with E-state index in [0.717, 1.165) is 30.8 Å². The van der Waals surface area contributed by atoms with Gasteiger partial charge >= 0.3 is 7.12 Å². The Kier molecular flexibility index (Phi) is 5.06. The number of rotatable bonds is 5. The Bertz CT molecular complexity index is 397. The zero-order chi connectivity index (χ0) is 13.0. The number of thioether (sulfide) groups is 1. The standard InChI is InChI=1S/C12H16BFO3S/c14-10-4-3-9(12(6-10)13(15)16)7-18-8-11-2-1-5-17-11/h3-4,6,11,15-16H,1-2,5,7-8H2. The van der Waals surface area contributed by atoms with Crippen molar-refractivity contribution in [3.8, 4) is 0 Å². The molecule has 0 saturated carbocycles. The van der Waals surface area contributed by atoms with Gasteiger partial charge in [-0.1, -0.05) is 6.07 Å². The topological polar surface area (TPSA) is 49.7 Å². The lowest BCUT2D eigenvalue weighted by molar-refractivity contribution is 0.129. The van der Waals surface area contributed by atoms with Gasteiger partial charge in [0.1, 0.15) is 5.82 Å². The van der Waals surface area contributed by atoms with E-state index in [9.17, 15) is 14.4 Å². The maximum absolute atomic E-state index is 13.0. The van der Waals surface area contributed by atoms with Crippen molar-refractivity contribution in [2.75, 3.05) is 12.4 Å². The molecule has 6 heteroatoms. The van der Waals surface area contributed by atoms with Crippen LogP contribution in [0.2, 0.25) is 0 Å². The van der Waals surface area contributed by atoms with Crippen LogP contribution in [0.15, 0.2) is 18.2 Å². The molecule has 3 nitrogen and oxygen atoms in total. The summed E-state index contributed by atoms with van der Waals surface area (Å²) in [6.07, 6.45) is 2.51. The molecule has 1 aromatic carbocycles. The maximum atomic E-state index is 13.0. The van der Waals surface area contributed by atoms with Gasteiger partial charge in [0.15, 0.2) is 0 Å². The lowest BCUT2D eigenvalue weighted by atomic mass is 9.77. The zero-order valence-corrected chi connectivity index (χ0v) is 10.8. The van der Waals surface area contributed by atoms with E-state index in [0.29, 0.717) is 11.9 Å². The molecule has 1 aromatic rings. The third-order valence-corrected chi connectivity index (χ3v) is 4.09. The molecule has 1 aliphatic heterocycles. The first kappa shape index (κ1) is 13.9. The Labute approximate surface area is 110 Å². The summed E-state index contributed by atoms with van der Waals surface area (Å²) in [7, 11) is -1.63. The van der Waals surface area contributed by atoms with Crippen molar-refractivity contribution < 1.29 is 19.2 Å². The highest BCUT2D eigenvalue weighted by molar-refractivity contribution is 7.98. The Hall–Kier alpha value is -0.555. The second-order valence-corrected chi connectivity index (χ2v) is 5.40. The highest BCUT2D eigenvalue weighted by Crippen LogP contribution is 2.19. The Balaban J connectivity index is 1.91. The van der Waals surface area contributed by atoms with Crippen molar-refractivity contribution in [1.29, 1.82) is 0 Å². The van der Waals surface area contributed by atoms with Crippen LogP contribution in [0.4, 0.5) is 4.39 Å². The van der Waals surface area contributed by atoms with Crippen LogP contribution < -0.4 is 5.46 Å². The smallest absolute Gasteiger partial charge is 0.423 e. The van der Waals surface area contributed by atoms with Crippen LogP contribution in [0.25, 0.3) is 0 Å². The van der Waals surface area contributed by atoms with Crippen LogP contribution in [0.1, 0.15) is 18.4 Å². The zero-order valence-electron chi connectivity index (χ0n) is 10.0. The average molecular weight is 270 g/mol. The van der Waals surface area contributed by atoms with Gasteiger partial charge in [0.25, 0.3) is 0 Å². The third-order valence-electron chi connectivity index (χ3n) is 2.97. The van der Waals surface area contributed by atoms with Crippen LogP contribution in [0, 0.1) is 5.82 Å². The largest absolute Gasteiger partial charge is 0.488 e. The van der Waals surface area contributed by atoms with Gasteiger partial charge in [-0.25, -0.2) is 4.39 Å². The van der Waals surface area contributed by atoms with Gasteiger partial charge in [0, 0.05) is 18.1 Å². The molecule has 0 aromatic heterocycles. The molecule has 2 N–H and O–H groups in total. The van der Waals surface area contributed by atoms with Crippen molar-refractivity contribution in [3.63, 3.8) is 0 Å². The number of benzene rings is 1. The second-order valence-electron chi connectivity index (χ2n) is 4.37. The van der Waals surface area contributed by atoms with Crippen LogP contribution in [0.5, 0.6) is 0 Å². The first-order valence-electron chi connectivity index (χ1n) is 6.00. The Morgan fingerprint density at radius 1 is 1.44 bits per heavy atom. The summed E-state index contributed by atoms with van der Waals surface area (Å²) in [5.74, 6) is 1.07. The van der Waals surface area contributed by atoms with E-state index < -0.39 is 12.9 Å². The van der Waals surface area contributed by atoms with Gasteiger partial charge in [-0.05, 0) is 36.0 Å². The molecule has 1 saturated heterocycles. The molecule has 1 aliphatic rings. The van der Waals surface area contributed by atoms with Crippen molar-refractivity contribution in [2.24, 2.45) is 0 Å². The van der Waals surface area contributed by atoms with Gasteiger partial charge in [-0.2, -0.15) is 11.8 Å². The number of hydrogen-bond acceptors (Lipinski definition) is 4. The summed E-state index contributed by atoms with van der Waals surface area (Å²) in [6.45, 7) is 0.836. The first-order valence-corrected chi connectivity index (χ1v) is 7.16. The molecule has 1 heterocycles. The minimum atomic E-state index is -1.63. The van der Waals surface area contributed by atoms with E-state index in [1.807, 2.05) is 0 Å². The Morgan fingerprint density at radius 2 is 2.28 bits per heavy atom. The molecule has 18 heavy (non-hydrogen) atoms. The van der Waals surface area contributed by atoms with Crippen molar-refractivity contribution in [2.45, 2.75) is 24.7 Å². The van der Waals surface area contributed by atoms with Crippen molar-refractivity contribution in [3.05, 3.63) is 29.6 Å². The van der Waals surface area contributed by atoms with E-state index in [-0.39, 0.29) is 5.46 Å². The van der Waals surface area contributed by atoms with Gasteiger partial charge in [0.2, 0.25) is 0 Å². The van der Waals surface area contributed by atoms with Crippen LogP contribution >= 0.6 is 11.8 Å². The van der Waals surface area contributed by atoms with E-state index in [1.54, 1.807) is 17.8 Å².